The van der Waals surface area contributed by atoms with Gasteiger partial charge >= 0.3 is 5.97 Å². The van der Waals surface area contributed by atoms with Crippen molar-refractivity contribution in [1.29, 1.82) is 0 Å². The molecule has 1 heterocycles. The molecule has 1 aliphatic rings. The summed E-state index contributed by atoms with van der Waals surface area (Å²) in [6, 6.07) is 2.13. The van der Waals surface area contributed by atoms with E-state index in [0.717, 1.165) is 31.0 Å². The molecule has 1 saturated heterocycles. The standard InChI is InChI=1S/C15H19F2NO3/c1-2-20-15(19)14(18-9-13-4-3-5-21-13)10-6-11(16)8-12(17)7-10/h6-8,13-14,18H,2-5,9H2,1H3. The lowest BCUT2D eigenvalue weighted by molar-refractivity contribution is -0.146. The van der Waals surface area contributed by atoms with E-state index in [1.807, 2.05) is 0 Å². The van der Waals surface area contributed by atoms with Gasteiger partial charge in [-0.15, -0.1) is 0 Å². The number of ether oxygens (including phenoxy) is 2. The number of carbonyl (C=O) groups excluding carboxylic acids is 1. The van der Waals surface area contributed by atoms with Gasteiger partial charge in [0.25, 0.3) is 0 Å². The summed E-state index contributed by atoms with van der Waals surface area (Å²) in [5, 5.41) is 2.98. The van der Waals surface area contributed by atoms with Crippen molar-refractivity contribution < 1.29 is 23.0 Å². The third-order valence-electron chi connectivity index (χ3n) is 3.31. The van der Waals surface area contributed by atoms with E-state index in [-0.39, 0.29) is 18.3 Å². The normalized spacial score (nSPS) is 19.5. The number of halogens is 2. The third kappa shape index (κ3) is 4.47. The van der Waals surface area contributed by atoms with Crippen molar-refractivity contribution in [2.45, 2.75) is 31.9 Å². The largest absolute Gasteiger partial charge is 0.465 e. The molecule has 1 fully saturated rings. The zero-order chi connectivity index (χ0) is 15.2. The van der Waals surface area contributed by atoms with E-state index in [2.05, 4.69) is 5.32 Å². The van der Waals surface area contributed by atoms with Crippen LogP contribution in [0.2, 0.25) is 0 Å². The minimum Gasteiger partial charge on any atom is -0.465 e. The number of benzene rings is 1. The van der Waals surface area contributed by atoms with Crippen LogP contribution in [0.5, 0.6) is 0 Å². The van der Waals surface area contributed by atoms with Gasteiger partial charge in [-0.3, -0.25) is 5.32 Å². The van der Waals surface area contributed by atoms with E-state index >= 15 is 0 Å². The van der Waals surface area contributed by atoms with Crippen molar-refractivity contribution in [3.05, 3.63) is 35.4 Å². The number of carbonyl (C=O) groups is 1. The highest BCUT2D eigenvalue weighted by molar-refractivity contribution is 5.77. The van der Waals surface area contributed by atoms with Crippen molar-refractivity contribution in [2.75, 3.05) is 19.8 Å². The smallest absolute Gasteiger partial charge is 0.327 e. The molecule has 1 aliphatic heterocycles. The fourth-order valence-corrected chi connectivity index (χ4v) is 2.36. The molecule has 0 radical (unpaired) electrons. The molecule has 1 N–H and O–H groups in total. The Balaban J connectivity index is 2.11. The van der Waals surface area contributed by atoms with E-state index < -0.39 is 23.6 Å². The molecule has 1 aromatic rings. The summed E-state index contributed by atoms with van der Waals surface area (Å²) < 4.78 is 37.1. The second-order valence-electron chi connectivity index (χ2n) is 4.93. The van der Waals surface area contributed by atoms with Crippen LogP contribution >= 0.6 is 0 Å². The maximum absolute atomic E-state index is 13.3. The van der Waals surface area contributed by atoms with Gasteiger partial charge in [-0.05, 0) is 37.5 Å². The average molecular weight is 299 g/mol. The van der Waals surface area contributed by atoms with Crippen molar-refractivity contribution in [1.82, 2.24) is 5.32 Å². The Morgan fingerprint density at radius 2 is 2.14 bits per heavy atom. The first-order chi connectivity index (χ1) is 10.1. The number of hydrogen-bond donors (Lipinski definition) is 1. The highest BCUT2D eigenvalue weighted by Crippen LogP contribution is 2.19. The first-order valence-electron chi connectivity index (χ1n) is 7.07. The minimum atomic E-state index is -0.903. The van der Waals surface area contributed by atoms with Crippen molar-refractivity contribution in [2.24, 2.45) is 0 Å². The molecule has 0 bridgehead atoms. The van der Waals surface area contributed by atoms with Gasteiger partial charge in [-0.25, -0.2) is 13.6 Å². The molecule has 0 amide bonds. The molecular weight excluding hydrogens is 280 g/mol. The Hall–Kier alpha value is -1.53. The van der Waals surface area contributed by atoms with E-state index in [1.165, 1.54) is 0 Å². The summed E-state index contributed by atoms with van der Waals surface area (Å²) in [6.07, 6.45) is 1.89. The predicted octanol–water partition coefficient (Wildman–Crippen LogP) is 2.34. The molecule has 4 nitrogen and oxygen atoms in total. The van der Waals surface area contributed by atoms with Crippen molar-refractivity contribution in [3.8, 4) is 0 Å². The zero-order valence-corrected chi connectivity index (χ0v) is 11.9. The average Bonchev–Trinajstić information content (AvgIpc) is 2.91. The monoisotopic (exact) mass is 299 g/mol. The molecule has 2 unspecified atom stereocenters. The molecular formula is C15H19F2NO3. The van der Waals surface area contributed by atoms with E-state index in [0.29, 0.717) is 13.2 Å². The number of esters is 1. The lowest BCUT2D eigenvalue weighted by Gasteiger charge is -2.20. The maximum atomic E-state index is 13.3. The lowest BCUT2D eigenvalue weighted by Crippen LogP contribution is -2.35. The highest BCUT2D eigenvalue weighted by Gasteiger charge is 2.25. The summed E-state index contributed by atoms with van der Waals surface area (Å²) in [7, 11) is 0. The van der Waals surface area contributed by atoms with E-state index in [9.17, 15) is 13.6 Å². The number of hydrogen-bond acceptors (Lipinski definition) is 4. The predicted molar refractivity (Wildman–Crippen MR) is 72.7 cm³/mol. The molecule has 6 heteroatoms. The summed E-state index contributed by atoms with van der Waals surface area (Å²) >= 11 is 0. The van der Waals surface area contributed by atoms with Crippen LogP contribution in [0.15, 0.2) is 18.2 Å². The Morgan fingerprint density at radius 3 is 2.71 bits per heavy atom. The van der Waals surface area contributed by atoms with Crippen LogP contribution in [-0.2, 0) is 14.3 Å². The Bertz CT molecular complexity index is 470. The molecule has 0 aromatic heterocycles. The van der Waals surface area contributed by atoms with Crippen molar-refractivity contribution in [3.63, 3.8) is 0 Å². The number of rotatable bonds is 6. The second-order valence-corrected chi connectivity index (χ2v) is 4.93. The van der Waals surface area contributed by atoms with E-state index in [1.54, 1.807) is 6.92 Å². The maximum Gasteiger partial charge on any atom is 0.327 e. The van der Waals surface area contributed by atoms with Crippen LogP contribution in [0.1, 0.15) is 31.4 Å². The van der Waals surface area contributed by atoms with Crippen LogP contribution in [0.3, 0.4) is 0 Å². The van der Waals surface area contributed by atoms with Gasteiger partial charge in [0.1, 0.15) is 17.7 Å². The van der Waals surface area contributed by atoms with Gasteiger partial charge in [0.2, 0.25) is 0 Å². The third-order valence-corrected chi connectivity index (χ3v) is 3.31. The SMILES string of the molecule is CCOC(=O)C(NCC1CCCO1)c1cc(F)cc(F)c1. The molecule has 2 rings (SSSR count). The highest BCUT2D eigenvalue weighted by atomic mass is 19.1. The molecule has 116 valence electrons. The van der Waals surface area contributed by atoms with Crippen LogP contribution in [0.25, 0.3) is 0 Å². The van der Waals surface area contributed by atoms with Crippen LogP contribution in [0, 0.1) is 11.6 Å². The topological polar surface area (TPSA) is 47.6 Å². The van der Waals surface area contributed by atoms with Crippen LogP contribution in [0.4, 0.5) is 8.78 Å². The first kappa shape index (κ1) is 15.9. The van der Waals surface area contributed by atoms with Gasteiger partial charge in [-0.2, -0.15) is 0 Å². The Kier molecular flexibility index (Phi) is 5.64. The molecule has 2 atom stereocenters. The van der Waals surface area contributed by atoms with E-state index in [4.69, 9.17) is 9.47 Å². The molecule has 1 aromatic carbocycles. The molecule has 21 heavy (non-hydrogen) atoms. The Labute approximate surface area is 122 Å². The Morgan fingerprint density at radius 1 is 1.43 bits per heavy atom. The summed E-state index contributed by atoms with van der Waals surface area (Å²) in [5.41, 5.74) is 0.212. The van der Waals surface area contributed by atoms with Crippen molar-refractivity contribution >= 4 is 5.97 Å². The lowest BCUT2D eigenvalue weighted by atomic mass is 10.1. The molecule has 0 saturated carbocycles. The molecule has 0 aliphatic carbocycles. The van der Waals surface area contributed by atoms with Crippen LogP contribution in [-0.4, -0.2) is 31.8 Å². The van der Waals surface area contributed by atoms with Gasteiger partial charge in [-0.1, -0.05) is 0 Å². The second kappa shape index (κ2) is 7.47. The quantitative estimate of drug-likeness (QED) is 0.819. The van der Waals surface area contributed by atoms with Crippen LogP contribution < -0.4 is 5.32 Å². The van der Waals surface area contributed by atoms with Gasteiger partial charge in [0, 0.05) is 19.2 Å². The summed E-state index contributed by atoms with van der Waals surface area (Å²) in [6.45, 7) is 3.02. The fraction of sp³-hybridized carbons (Fsp3) is 0.533. The van der Waals surface area contributed by atoms with Gasteiger partial charge in [0.15, 0.2) is 0 Å². The fourth-order valence-electron chi connectivity index (χ4n) is 2.36. The zero-order valence-electron chi connectivity index (χ0n) is 11.9. The first-order valence-corrected chi connectivity index (χ1v) is 7.07. The van der Waals surface area contributed by atoms with Gasteiger partial charge in [0.05, 0.1) is 12.7 Å². The van der Waals surface area contributed by atoms with Gasteiger partial charge < -0.3 is 9.47 Å². The summed E-state index contributed by atoms with van der Waals surface area (Å²) in [4.78, 5) is 12.0. The number of nitrogens with one attached hydrogen (secondary N) is 1. The summed E-state index contributed by atoms with van der Waals surface area (Å²) in [5.74, 6) is -2.00. The minimum absolute atomic E-state index is 0.0142. The molecule has 0 spiro atoms.